The van der Waals surface area contributed by atoms with Crippen LogP contribution in [0.5, 0.6) is 0 Å². The summed E-state index contributed by atoms with van der Waals surface area (Å²) in [6, 6.07) is 8.66. The molecule has 0 spiro atoms. The molecule has 2 saturated heterocycles. The van der Waals surface area contributed by atoms with Crippen molar-refractivity contribution in [3.05, 3.63) is 35.4 Å². The topological polar surface area (TPSA) is 61.4 Å². The quantitative estimate of drug-likeness (QED) is 0.529. The Morgan fingerprint density at radius 2 is 1.59 bits per heavy atom. The highest BCUT2D eigenvalue weighted by molar-refractivity contribution is 5.79. The van der Waals surface area contributed by atoms with Crippen LogP contribution in [0.3, 0.4) is 0 Å². The van der Waals surface area contributed by atoms with E-state index < -0.39 is 0 Å². The molecule has 1 aromatic rings. The van der Waals surface area contributed by atoms with E-state index in [0.29, 0.717) is 0 Å². The summed E-state index contributed by atoms with van der Waals surface area (Å²) >= 11 is 0. The summed E-state index contributed by atoms with van der Waals surface area (Å²) in [6.07, 6.45) is 0. The van der Waals surface area contributed by atoms with Gasteiger partial charge < -0.3 is 20.1 Å². The summed E-state index contributed by atoms with van der Waals surface area (Å²) in [5.41, 5.74) is 2.73. The third-order valence-electron chi connectivity index (χ3n) is 5.84. The highest BCUT2D eigenvalue weighted by Gasteiger charge is 2.28. The van der Waals surface area contributed by atoms with Crippen LogP contribution >= 0.6 is 0 Å². The standard InChI is InChI=1S/C22H37N5O2/c1-22(2,27-10-14-29-15-11-27)18-25-21(23-3)24-16-19-6-4-5-7-20(19)17-26-8-12-28-13-9-26/h4-7H,8-18H2,1-3H3,(H2,23,24,25). The second-order valence-corrected chi connectivity index (χ2v) is 8.35. The molecule has 0 aliphatic carbocycles. The van der Waals surface area contributed by atoms with E-state index in [9.17, 15) is 0 Å². The van der Waals surface area contributed by atoms with Crippen molar-refractivity contribution in [3.8, 4) is 0 Å². The molecule has 0 saturated carbocycles. The van der Waals surface area contributed by atoms with Gasteiger partial charge in [-0.25, -0.2) is 0 Å². The van der Waals surface area contributed by atoms with Crippen LogP contribution in [-0.2, 0) is 22.6 Å². The Hall–Kier alpha value is -1.67. The summed E-state index contributed by atoms with van der Waals surface area (Å²) in [4.78, 5) is 9.36. The van der Waals surface area contributed by atoms with Crippen LogP contribution in [0.2, 0.25) is 0 Å². The molecule has 2 aliphatic rings. The SMILES string of the molecule is CN=C(NCc1ccccc1CN1CCOCC1)NCC(C)(C)N1CCOCC1. The Morgan fingerprint density at radius 1 is 0.966 bits per heavy atom. The van der Waals surface area contributed by atoms with Crippen molar-refractivity contribution < 1.29 is 9.47 Å². The zero-order valence-electron chi connectivity index (χ0n) is 18.2. The predicted molar refractivity (Wildman–Crippen MR) is 117 cm³/mol. The molecule has 0 aromatic heterocycles. The van der Waals surface area contributed by atoms with Crippen molar-refractivity contribution in [1.82, 2.24) is 20.4 Å². The second kappa shape index (κ2) is 10.9. The lowest BCUT2D eigenvalue weighted by atomic mass is 10.0. The van der Waals surface area contributed by atoms with Gasteiger partial charge in [0.2, 0.25) is 0 Å². The van der Waals surface area contributed by atoms with Crippen molar-refractivity contribution in [2.24, 2.45) is 4.99 Å². The van der Waals surface area contributed by atoms with Crippen LogP contribution in [0.4, 0.5) is 0 Å². The van der Waals surface area contributed by atoms with Crippen LogP contribution < -0.4 is 10.6 Å². The molecule has 3 rings (SSSR count). The molecule has 0 radical (unpaired) electrons. The summed E-state index contributed by atoms with van der Waals surface area (Å²) < 4.78 is 11.0. The number of nitrogens with one attached hydrogen (secondary N) is 2. The summed E-state index contributed by atoms with van der Waals surface area (Å²) in [5.74, 6) is 0.840. The molecule has 2 N–H and O–H groups in total. The van der Waals surface area contributed by atoms with E-state index in [1.54, 1.807) is 0 Å². The molecule has 2 heterocycles. The highest BCUT2D eigenvalue weighted by Crippen LogP contribution is 2.15. The van der Waals surface area contributed by atoms with E-state index in [0.717, 1.165) is 78.2 Å². The third-order valence-corrected chi connectivity index (χ3v) is 5.84. The molecule has 162 valence electrons. The normalized spacial score (nSPS) is 19.9. The molecule has 2 fully saturated rings. The summed E-state index contributed by atoms with van der Waals surface area (Å²) in [6.45, 7) is 14.4. The first-order chi connectivity index (χ1) is 14.1. The number of ether oxygens (including phenoxy) is 2. The average molecular weight is 404 g/mol. The first-order valence-electron chi connectivity index (χ1n) is 10.7. The average Bonchev–Trinajstić information content (AvgIpc) is 2.76. The Balaban J connectivity index is 1.51. The van der Waals surface area contributed by atoms with E-state index in [-0.39, 0.29) is 5.54 Å². The van der Waals surface area contributed by atoms with E-state index >= 15 is 0 Å². The minimum atomic E-state index is 0.0512. The number of hydrogen-bond donors (Lipinski definition) is 2. The van der Waals surface area contributed by atoms with Crippen molar-refractivity contribution in [3.63, 3.8) is 0 Å². The molecule has 7 heteroatoms. The second-order valence-electron chi connectivity index (χ2n) is 8.35. The Labute approximate surface area is 175 Å². The molecule has 0 atom stereocenters. The fourth-order valence-electron chi connectivity index (χ4n) is 3.86. The van der Waals surface area contributed by atoms with Gasteiger partial charge in [0.15, 0.2) is 5.96 Å². The smallest absolute Gasteiger partial charge is 0.191 e. The number of morpholine rings is 2. The van der Waals surface area contributed by atoms with Crippen LogP contribution in [0.1, 0.15) is 25.0 Å². The van der Waals surface area contributed by atoms with Gasteiger partial charge in [0.25, 0.3) is 0 Å². The van der Waals surface area contributed by atoms with Gasteiger partial charge in [-0.1, -0.05) is 24.3 Å². The van der Waals surface area contributed by atoms with E-state index in [1.165, 1.54) is 11.1 Å². The van der Waals surface area contributed by atoms with Gasteiger partial charge in [0.05, 0.1) is 26.4 Å². The van der Waals surface area contributed by atoms with Gasteiger partial charge >= 0.3 is 0 Å². The van der Waals surface area contributed by atoms with E-state index in [1.807, 2.05) is 7.05 Å². The molecule has 29 heavy (non-hydrogen) atoms. The Kier molecular flexibility index (Phi) is 8.29. The Morgan fingerprint density at radius 3 is 2.24 bits per heavy atom. The lowest BCUT2D eigenvalue weighted by Crippen LogP contribution is -2.56. The molecule has 0 unspecified atom stereocenters. The van der Waals surface area contributed by atoms with E-state index in [4.69, 9.17) is 9.47 Å². The van der Waals surface area contributed by atoms with Gasteiger partial charge in [-0.2, -0.15) is 0 Å². The monoisotopic (exact) mass is 403 g/mol. The fraction of sp³-hybridized carbons (Fsp3) is 0.682. The predicted octanol–water partition coefficient (Wildman–Crippen LogP) is 1.29. The van der Waals surface area contributed by atoms with Crippen molar-refractivity contribution in [2.45, 2.75) is 32.5 Å². The molecule has 1 aromatic carbocycles. The molecule has 7 nitrogen and oxygen atoms in total. The van der Waals surface area contributed by atoms with Crippen LogP contribution in [0.25, 0.3) is 0 Å². The fourth-order valence-corrected chi connectivity index (χ4v) is 3.86. The van der Waals surface area contributed by atoms with Gasteiger partial charge in [-0.15, -0.1) is 0 Å². The minimum absolute atomic E-state index is 0.0512. The van der Waals surface area contributed by atoms with E-state index in [2.05, 4.69) is 63.5 Å². The number of nitrogens with zero attached hydrogens (tertiary/aromatic N) is 3. The molecule has 0 bridgehead atoms. The molecule has 2 aliphatic heterocycles. The number of aliphatic imine (C=N–C) groups is 1. The van der Waals surface area contributed by atoms with Crippen molar-refractivity contribution in [2.75, 3.05) is 66.2 Å². The lowest BCUT2D eigenvalue weighted by molar-refractivity contribution is -0.00834. The van der Waals surface area contributed by atoms with Gasteiger partial charge in [0.1, 0.15) is 0 Å². The summed E-state index contributed by atoms with van der Waals surface area (Å²) in [5, 5.41) is 7.00. The Bertz CT molecular complexity index is 652. The van der Waals surface area contributed by atoms with Gasteiger partial charge in [-0.3, -0.25) is 14.8 Å². The minimum Gasteiger partial charge on any atom is -0.379 e. The van der Waals surface area contributed by atoms with Gasteiger partial charge in [0, 0.05) is 58.4 Å². The zero-order valence-corrected chi connectivity index (χ0v) is 18.2. The van der Waals surface area contributed by atoms with Gasteiger partial charge in [-0.05, 0) is 25.0 Å². The molecular weight excluding hydrogens is 366 g/mol. The number of rotatable bonds is 7. The zero-order chi connectivity index (χ0) is 20.5. The maximum absolute atomic E-state index is 5.49. The van der Waals surface area contributed by atoms with Crippen LogP contribution in [0.15, 0.2) is 29.3 Å². The van der Waals surface area contributed by atoms with Crippen LogP contribution in [0, 0.1) is 0 Å². The molecular formula is C22H37N5O2. The maximum Gasteiger partial charge on any atom is 0.191 e. The first-order valence-corrected chi connectivity index (χ1v) is 10.7. The maximum atomic E-state index is 5.49. The number of guanidine groups is 1. The number of hydrogen-bond acceptors (Lipinski definition) is 5. The molecule has 0 amide bonds. The third kappa shape index (κ3) is 6.67. The number of benzene rings is 1. The first kappa shape index (κ1) is 22.0. The van der Waals surface area contributed by atoms with Crippen molar-refractivity contribution in [1.29, 1.82) is 0 Å². The van der Waals surface area contributed by atoms with Crippen molar-refractivity contribution >= 4 is 5.96 Å². The summed E-state index contributed by atoms with van der Waals surface area (Å²) in [7, 11) is 1.83. The highest BCUT2D eigenvalue weighted by atomic mass is 16.5. The largest absolute Gasteiger partial charge is 0.379 e. The lowest BCUT2D eigenvalue weighted by Gasteiger charge is -2.41. The van der Waals surface area contributed by atoms with Crippen LogP contribution in [-0.4, -0.2) is 87.5 Å².